The highest BCUT2D eigenvalue weighted by molar-refractivity contribution is 6.01. The lowest BCUT2D eigenvalue weighted by atomic mass is 10.1. The molecule has 0 bridgehead atoms. The van der Waals surface area contributed by atoms with Gasteiger partial charge in [-0.2, -0.15) is 5.10 Å². The molecule has 0 radical (unpaired) electrons. The number of carbonyl (C=O) groups excluding carboxylic acids is 2. The summed E-state index contributed by atoms with van der Waals surface area (Å²) in [6, 6.07) is 13.1. The molecule has 33 heavy (non-hydrogen) atoms. The minimum absolute atomic E-state index is 0.319. The molecule has 7 heteroatoms. The van der Waals surface area contributed by atoms with Crippen LogP contribution >= 0.6 is 0 Å². The summed E-state index contributed by atoms with van der Waals surface area (Å²) in [6.45, 7) is 6.15. The molecule has 0 atom stereocenters. The third-order valence-electron chi connectivity index (χ3n) is 5.33. The number of rotatable bonds is 9. The molecule has 1 heterocycles. The van der Waals surface area contributed by atoms with Gasteiger partial charge in [0.25, 0.3) is 0 Å². The second-order valence-electron chi connectivity index (χ2n) is 7.66. The Morgan fingerprint density at radius 2 is 1.73 bits per heavy atom. The van der Waals surface area contributed by atoms with Gasteiger partial charge in [0.05, 0.1) is 32.0 Å². The highest BCUT2D eigenvalue weighted by Crippen LogP contribution is 2.25. The molecule has 0 fully saturated rings. The van der Waals surface area contributed by atoms with Crippen LogP contribution in [0.5, 0.6) is 11.5 Å². The number of Topliss-reactive ketones (excluding diaryl/α,β-unsaturated/α-hetero) is 1. The largest absolute Gasteiger partial charge is 0.497 e. The lowest BCUT2D eigenvalue weighted by molar-refractivity contribution is -0.136. The van der Waals surface area contributed by atoms with E-state index in [4.69, 9.17) is 14.2 Å². The van der Waals surface area contributed by atoms with Crippen LogP contribution in [0.1, 0.15) is 38.4 Å². The van der Waals surface area contributed by atoms with E-state index in [9.17, 15) is 9.59 Å². The smallest absolute Gasteiger partial charge is 0.331 e. The molecule has 172 valence electrons. The topological polar surface area (TPSA) is 79.7 Å². The van der Waals surface area contributed by atoms with Crippen molar-refractivity contribution in [2.24, 2.45) is 0 Å². The van der Waals surface area contributed by atoms with Crippen molar-refractivity contribution in [2.45, 2.75) is 27.3 Å². The van der Waals surface area contributed by atoms with Crippen molar-refractivity contribution in [1.82, 2.24) is 9.78 Å². The fourth-order valence-corrected chi connectivity index (χ4v) is 3.42. The number of aromatic nitrogens is 2. The zero-order valence-electron chi connectivity index (χ0n) is 19.5. The van der Waals surface area contributed by atoms with Gasteiger partial charge >= 0.3 is 5.97 Å². The molecular formula is C26H28N2O5. The number of ketones is 1. The molecule has 0 saturated heterocycles. The van der Waals surface area contributed by atoms with Gasteiger partial charge in [0.15, 0.2) is 6.61 Å². The van der Waals surface area contributed by atoms with E-state index in [1.165, 1.54) is 25.9 Å². The molecular weight excluding hydrogens is 420 g/mol. The SMILES string of the molecule is COc1ccc(C(=O)COC(=O)/C=C/c2c(C)nn(Cc3ccc(C)cc3)c2C)c(OC)c1. The van der Waals surface area contributed by atoms with E-state index in [1.54, 1.807) is 24.3 Å². The van der Waals surface area contributed by atoms with Gasteiger partial charge in [0, 0.05) is 23.4 Å². The second kappa shape index (κ2) is 10.6. The molecule has 7 nitrogen and oxygen atoms in total. The van der Waals surface area contributed by atoms with Crippen LogP contribution in [-0.4, -0.2) is 42.4 Å². The second-order valence-corrected chi connectivity index (χ2v) is 7.66. The number of carbonyl (C=O) groups is 2. The number of hydrogen-bond donors (Lipinski definition) is 0. The average Bonchev–Trinajstić information content (AvgIpc) is 3.08. The number of aryl methyl sites for hydroxylation is 2. The van der Waals surface area contributed by atoms with Crippen molar-refractivity contribution in [2.75, 3.05) is 20.8 Å². The van der Waals surface area contributed by atoms with Gasteiger partial charge in [-0.05, 0) is 44.5 Å². The first kappa shape index (κ1) is 23.8. The predicted molar refractivity (Wildman–Crippen MR) is 126 cm³/mol. The molecule has 3 aromatic rings. The third-order valence-corrected chi connectivity index (χ3v) is 5.33. The van der Waals surface area contributed by atoms with Crippen molar-refractivity contribution in [1.29, 1.82) is 0 Å². The fraction of sp³-hybridized carbons (Fsp3) is 0.269. The predicted octanol–water partition coefficient (Wildman–Crippen LogP) is 4.31. The highest BCUT2D eigenvalue weighted by Gasteiger charge is 2.15. The maximum absolute atomic E-state index is 12.5. The first-order valence-electron chi connectivity index (χ1n) is 10.5. The number of nitrogens with zero attached hydrogens (tertiary/aromatic N) is 2. The standard InChI is InChI=1S/C26H28N2O5/c1-17-6-8-20(9-7-17)15-28-19(3)22(18(2)27-28)12-13-26(30)33-16-24(29)23-11-10-21(31-4)14-25(23)32-5/h6-14H,15-16H2,1-5H3/b13-12+. The molecule has 0 N–H and O–H groups in total. The molecule has 0 aliphatic rings. The first-order chi connectivity index (χ1) is 15.8. The summed E-state index contributed by atoms with van der Waals surface area (Å²) < 4.78 is 17.4. The van der Waals surface area contributed by atoms with Crippen LogP contribution in [-0.2, 0) is 16.1 Å². The molecule has 1 aromatic heterocycles. The minimum atomic E-state index is -0.610. The Hall–Kier alpha value is -3.87. The van der Waals surface area contributed by atoms with Crippen molar-refractivity contribution in [3.8, 4) is 11.5 Å². The van der Waals surface area contributed by atoms with Gasteiger partial charge in [-0.25, -0.2) is 4.79 Å². The number of ether oxygens (including phenoxy) is 3. The molecule has 0 spiro atoms. The summed E-state index contributed by atoms with van der Waals surface area (Å²) in [5.41, 5.74) is 5.27. The van der Waals surface area contributed by atoms with Gasteiger partial charge in [-0.15, -0.1) is 0 Å². The van der Waals surface area contributed by atoms with Crippen LogP contribution in [0, 0.1) is 20.8 Å². The van der Waals surface area contributed by atoms with Crippen LogP contribution in [0.25, 0.3) is 6.08 Å². The van der Waals surface area contributed by atoms with Crippen LogP contribution < -0.4 is 9.47 Å². The number of hydrogen-bond acceptors (Lipinski definition) is 6. The van der Waals surface area contributed by atoms with E-state index in [1.807, 2.05) is 18.5 Å². The lowest BCUT2D eigenvalue weighted by Gasteiger charge is -2.09. The van der Waals surface area contributed by atoms with Crippen molar-refractivity contribution >= 4 is 17.8 Å². The number of esters is 1. The average molecular weight is 449 g/mol. The fourth-order valence-electron chi connectivity index (χ4n) is 3.42. The van der Waals surface area contributed by atoms with Crippen LogP contribution in [0.3, 0.4) is 0 Å². The van der Waals surface area contributed by atoms with Gasteiger partial charge in [0.1, 0.15) is 11.5 Å². The Balaban J connectivity index is 1.63. The number of benzene rings is 2. The Morgan fingerprint density at radius 1 is 1.00 bits per heavy atom. The maximum Gasteiger partial charge on any atom is 0.331 e. The van der Waals surface area contributed by atoms with Gasteiger partial charge < -0.3 is 14.2 Å². The van der Waals surface area contributed by atoms with E-state index >= 15 is 0 Å². The minimum Gasteiger partial charge on any atom is -0.497 e. The zero-order chi connectivity index (χ0) is 24.0. The monoisotopic (exact) mass is 448 g/mol. The zero-order valence-corrected chi connectivity index (χ0v) is 19.5. The molecule has 2 aromatic carbocycles. The van der Waals surface area contributed by atoms with E-state index in [0.717, 1.165) is 22.5 Å². The summed E-state index contributed by atoms with van der Waals surface area (Å²) in [6.07, 6.45) is 2.98. The van der Waals surface area contributed by atoms with E-state index in [-0.39, 0.29) is 5.78 Å². The van der Waals surface area contributed by atoms with Crippen molar-refractivity contribution in [3.05, 3.63) is 82.2 Å². The van der Waals surface area contributed by atoms with E-state index in [2.05, 4.69) is 36.3 Å². The molecule has 3 rings (SSSR count). The van der Waals surface area contributed by atoms with Crippen molar-refractivity contribution < 1.29 is 23.8 Å². The van der Waals surface area contributed by atoms with Gasteiger partial charge in [-0.3, -0.25) is 9.48 Å². The van der Waals surface area contributed by atoms with E-state index < -0.39 is 12.6 Å². The highest BCUT2D eigenvalue weighted by atomic mass is 16.5. The van der Waals surface area contributed by atoms with Gasteiger partial charge in [0.2, 0.25) is 5.78 Å². The van der Waals surface area contributed by atoms with Gasteiger partial charge in [-0.1, -0.05) is 29.8 Å². The quantitative estimate of drug-likeness (QED) is 0.276. The normalized spacial score (nSPS) is 10.9. The number of methoxy groups -OCH3 is 2. The summed E-state index contributed by atoms with van der Waals surface area (Å²) in [7, 11) is 2.99. The Labute approximate surface area is 193 Å². The molecule has 0 aliphatic carbocycles. The first-order valence-corrected chi connectivity index (χ1v) is 10.5. The van der Waals surface area contributed by atoms with Crippen LogP contribution in [0.15, 0.2) is 48.5 Å². The Morgan fingerprint density at radius 3 is 2.39 bits per heavy atom. The van der Waals surface area contributed by atoms with E-state index in [0.29, 0.717) is 23.6 Å². The summed E-state index contributed by atoms with van der Waals surface area (Å²) in [4.78, 5) is 24.7. The van der Waals surface area contributed by atoms with Crippen LogP contribution in [0.2, 0.25) is 0 Å². The summed E-state index contributed by atoms with van der Waals surface area (Å²) in [5, 5.41) is 4.59. The third kappa shape index (κ3) is 5.88. The van der Waals surface area contributed by atoms with Crippen molar-refractivity contribution in [3.63, 3.8) is 0 Å². The molecule has 0 aliphatic heterocycles. The molecule has 0 saturated carbocycles. The lowest BCUT2D eigenvalue weighted by Crippen LogP contribution is -2.13. The van der Waals surface area contributed by atoms with Crippen LogP contribution in [0.4, 0.5) is 0 Å². The molecule has 0 amide bonds. The Bertz CT molecular complexity index is 1180. The Kier molecular flexibility index (Phi) is 7.66. The molecule has 0 unspecified atom stereocenters. The summed E-state index contributed by atoms with van der Waals surface area (Å²) >= 11 is 0. The summed E-state index contributed by atoms with van der Waals surface area (Å²) in [5.74, 6) is -0.0504. The maximum atomic E-state index is 12.5.